The van der Waals surface area contributed by atoms with E-state index in [1.165, 1.54) is 5.56 Å². The number of aromatic amines is 1. The van der Waals surface area contributed by atoms with Crippen LogP contribution in [-0.4, -0.2) is 56.9 Å². The summed E-state index contributed by atoms with van der Waals surface area (Å²) in [5.41, 5.74) is 1.30. The van der Waals surface area contributed by atoms with E-state index < -0.39 is 6.10 Å². The van der Waals surface area contributed by atoms with Crippen LogP contribution in [0.4, 0.5) is 5.82 Å². The predicted molar refractivity (Wildman–Crippen MR) is 106 cm³/mol. The summed E-state index contributed by atoms with van der Waals surface area (Å²) < 4.78 is 0. The maximum absolute atomic E-state index is 12.4. The van der Waals surface area contributed by atoms with Crippen LogP contribution in [0.15, 0.2) is 61.2 Å². The summed E-state index contributed by atoms with van der Waals surface area (Å²) >= 11 is 0. The second-order valence-corrected chi connectivity index (χ2v) is 7.75. The van der Waals surface area contributed by atoms with Gasteiger partial charge in [0.1, 0.15) is 11.5 Å². The van der Waals surface area contributed by atoms with Crippen molar-refractivity contribution in [2.45, 2.75) is 12.0 Å². The molecule has 29 heavy (non-hydrogen) atoms. The third-order valence-corrected chi connectivity index (χ3v) is 6.30. The van der Waals surface area contributed by atoms with Crippen molar-refractivity contribution in [3.63, 3.8) is 0 Å². The zero-order valence-corrected chi connectivity index (χ0v) is 15.8. The third kappa shape index (κ3) is 2.96. The van der Waals surface area contributed by atoms with Gasteiger partial charge in [0.15, 0.2) is 0 Å². The van der Waals surface area contributed by atoms with Crippen LogP contribution in [0.2, 0.25) is 0 Å². The number of hydrogen-bond donors (Lipinski definition) is 3. The fraction of sp³-hybridized carbons (Fsp3) is 0.333. The van der Waals surface area contributed by atoms with E-state index in [1.807, 2.05) is 18.2 Å². The van der Waals surface area contributed by atoms with Gasteiger partial charge in [-0.15, -0.1) is 0 Å². The number of aromatic nitrogens is 4. The van der Waals surface area contributed by atoms with Crippen LogP contribution in [0.25, 0.3) is 0 Å². The minimum absolute atomic E-state index is 0.133. The summed E-state index contributed by atoms with van der Waals surface area (Å²) in [6, 6.07) is 11.9. The highest BCUT2D eigenvalue weighted by molar-refractivity contribution is 5.92. The SMILES string of the molecule is O=C(NC[C@@H]1[C@@H](c2ccccc2)[C@]12CN(c1cnccn1)C[C@H]2O)c1ccn[nH]1. The number of hydrogen-bond acceptors (Lipinski definition) is 6. The molecule has 2 fully saturated rings. The minimum Gasteiger partial charge on any atom is -0.391 e. The van der Waals surface area contributed by atoms with E-state index in [-0.39, 0.29) is 23.2 Å². The molecule has 1 spiro atoms. The number of carbonyl (C=O) groups is 1. The molecule has 2 aromatic heterocycles. The fourth-order valence-corrected chi connectivity index (χ4v) is 4.91. The van der Waals surface area contributed by atoms with Crippen molar-refractivity contribution in [2.75, 3.05) is 24.5 Å². The van der Waals surface area contributed by atoms with Crippen molar-refractivity contribution >= 4 is 11.7 Å². The zero-order chi connectivity index (χ0) is 19.8. The van der Waals surface area contributed by atoms with Gasteiger partial charge in [-0.1, -0.05) is 30.3 Å². The van der Waals surface area contributed by atoms with E-state index in [0.29, 0.717) is 25.3 Å². The molecule has 1 aromatic carbocycles. The summed E-state index contributed by atoms with van der Waals surface area (Å²) in [7, 11) is 0. The highest BCUT2D eigenvalue weighted by Gasteiger charge is 2.71. The number of amides is 1. The highest BCUT2D eigenvalue weighted by atomic mass is 16.3. The maximum atomic E-state index is 12.4. The predicted octanol–water partition coefficient (Wildman–Crippen LogP) is 1.21. The Kier molecular flexibility index (Phi) is 4.28. The van der Waals surface area contributed by atoms with E-state index in [2.05, 4.69) is 42.5 Å². The van der Waals surface area contributed by atoms with E-state index >= 15 is 0 Å². The Hall–Kier alpha value is -3.26. The summed E-state index contributed by atoms with van der Waals surface area (Å²) in [4.78, 5) is 23.0. The Morgan fingerprint density at radius 2 is 2.10 bits per heavy atom. The molecule has 0 bridgehead atoms. The molecule has 1 aliphatic heterocycles. The first-order chi connectivity index (χ1) is 14.2. The molecule has 5 rings (SSSR count). The molecule has 8 heteroatoms. The topological polar surface area (TPSA) is 107 Å². The molecular formula is C21H22N6O2. The van der Waals surface area contributed by atoms with Gasteiger partial charge >= 0.3 is 0 Å². The van der Waals surface area contributed by atoms with Crippen molar-refractivity contribution < 1.29 is 9.90 Å². The Balaban J connectivity index is 1.39. The third-order valence-electron chi connectivity index (χ3n) is 6.30. The molecule has 1 saturated heterocycles. The molecule has 3 heterocycles. The number of H-pyrrole nitrogens is 1. The Morgan fingerprint density at radius 3 is 2.83 bits per heavy atom. The number of carbonyl (C=O) groups excluding carboxylic acids is 1. The number of anilines is 1. The van der Waals surface area contributed by atoms with E-state index in [0.717, 1.165) is 5.82 Å². The van der Waals surface area contributed by atoms with Crippen molar-refractivity contribution in [3.05, 3.63) is 72.4 Å². The van der Waals surface area contributed by atoms with Gasteiger partial charge in [-0.2, -0.15) is 5.10 Å². The van der Waals surface area contributed by atoms with Crippen molar-refractivity contribution in [1.29, 1.82) is 0 Å². The van der Waals surface area contributed by atoms with Gasteiger partial charge in [0, 0.05) is 43.6 Å². The Bertz CT molecular complexity index is 981. The summed E-state index contributed by atoms with van der Waals surface area (Å²) in [5, 5.41) is 20.6. The first-order valence-corrected chi connectivity index (χ1v) is 9.71. The molecule has 1 amide bonds. The van der Waals surface area contributed by atoms with Gasteiger partial charge in [0.05, 0.1) is 12.3 Å². The second-order valence-electron chi connectivity index (χ2n) is 7.75. The number of aliphatic hydroxyl groups is 1. The van der Waals surface area contributed by atoms with Crippen molar-refractivity contribution in [2.24, 2.45) is 11.3 Å². The van der Waals surface area contributed by atoms with E-state index in [4.69, 9.17) is 0 Å². The first-order valence-electron chi connectivity index (χ1n) is 9.71. The molecule has 0 unspecified atom stereocenters. The number of aliphatic hydroxyl groups excluding tert-OH is 1. The Labute approximate surface area is 168 Å². The Morgan fingerprint density at radius 1 is 1.24 bits per heavy atom. The lowest BCUT2D eigenvalue weighted by Gasteiger charge is -2.17. The highest BCUT2D eigenvalue weighted by Crippen LogP contribution is 2.68. The molecule has 3 N–H and O–H groups in total. The molecular weight excluding hydrogens is 368 g/mol. The molecule has 4 atom stereocenters. The number of rotatable bonds is 5. The van der Waals surface area contributed by atoms with E-state index in [1.54, 1.807) is 30.9 Å². The minimum atomic E-state index is -0.510. The molecule has 2 aliphatic rings. The van der Waals surface area contributed by atoms with Gasteiger partial charge in [0.2, 0.25) is 0 Å². The van der Waals surface area contributed by atoms with Crippen LogP contribution in [0, 0.1) is 11.3 Å². The monoisotopic (exact) mass is 390 g/mol. The number of nitrogens with zero attached hydrogens (tertiary/aromatic N) is 4. The van der Waals surface area contributed by atoms with Gasteiger partial charge in [0.25, 0.3) is 5.91 Å². The van der Waals surface area contributed by atoms with Crippen LogP contribution >= 0.6 is 0 Å². The summed E-state index contributed by atoms with van der Waals surface area (Å²) in [5.74, 6) is 0.882. The van der Waals surface area contributed by atoms with E-state index in [9.17, 15) is 9.90 Å². The zero-order valence-electron chi connectivity index (χ0n) is 15.8. The van der Waals surface area contributed by atoms with Crippen LogP contribution in [0.5, 0.6) is 0 Å². The molecule has 148 valence electrons. The average Bonchev–Trinajstić information content (AvgIpc) is 3.07. The van der Waals surface area contributed by atoms with Gasteiger partial charge < -0.3 is 15.3 Å². The number of benzene rings is 1. The quantitative estimate of drug-likeness (QED) is 0.605. The lowest BCUT2D eigenvalue weighted by atomic mass is 9.95. The lowest BCUT2D eigenvalue weighted by molar-refractivity contribution is 0.0934. The van der Waals surface area contributed by atoms with Crippen molar-refractivity contribution in [3.8, 4) is 0 Å². The molecule has 1 saturated carbocycles. The molecule has 0 radical (unpaired) electrons. The standard InChI is InChI=1S/C21H22N6O2/c28-17-12-27(18-11-22-8-9-23-18)13-21(17)15(19(21)14-4-2-1-3-5-14)10-24-20(29)16-6-7-25-26-16/h1-9,11,15,17,19,28H,10,12-13H2,(H,24,29)(H,25,26)/t15-,17-,19-,21-/m1/s1. The normalized spacial score (nSPS) is 27.9. The largest absolute Gasteiger partial charge is 0.391 e. The molecule has 1 aliphatic carbocycles. The smallest absolute Gasteiger partial charge is 0.269 e. The van der Waals surface area contributed by atoms with Crippen LogP contribution in [0.3, 0.4) is 0 Å². The summed E-state index contributed by atoms with van der Waals surface area (Å²) in [6.07, 6.45) is 6.07. The van der Waals surface area contributed by atoms with Crippen LogP contribution in [0.1, 0.15) is 22.0 Å². The van der Waals surface area contributed by atoms with Crippen molar-refractivity contribution in [1.82, 2.24) is 25.5 Å². The van der Waals surface area contributed by atoms with Crippen LogP contribution < -0.4 is 10.2 Å². The maximum Gasteiger partial charge on any atom is 0.269 e. The van der Waals surface area contributed by atoms with Gasteiger partial charge in [-0.25, -0.2) is 4.98 Å². The summed E-state index contributed by atoms with van der Waals surface area (Å²) in [6.45, 7) is 1.67. The van der Waals surface area contributed by atoms with Gasteiger partial charge in [-0.05, 0) is 23.5 Å². The first kappa shape index (κ1) is 17.8. The van der Waals surface area contributed by atoms with Crippen LogP contribution in [-0.2, 0) is 0 Å². The molecule has 8 nitrogen and oxygen atoms in total. The molecule has 3 aromatic rings. The average molecular weight is 390 g/mol. The fourth-order valence-electron chi connectivity index (χ4n) is 4.91. The number of β-amino-alcohol motifs (C(OH)–C–C–N with tert-alkyl or cyclic N) is 1. The lowest BCUT2D eigenvalue weighted by Crippen LogP contribution is -2.30. The van der Waals surface area contributed by atoms with Gasteiger partial charge in [-0.3, -0.25) is 14.9 Å². The second kappa shape index (κ2) is 6.97. The number of nitrogens with one attached hydrogen (secondary N) is 2.